The number of aromatic amines is 1. The summed E-state index contributed by atoms with van der Waals surface area (Å²) in [5.74, 6) is -1.43. The first-order valence-electron chi connectivity index (χ1n) is 5.73. The molecule has 1 aromatic carbocycles. The number of hydrogen-bond acceptors (Lipinski definition) is 2. The van der Waals surface area contributed by atoms with Crippen molar-refractivity contribution in [2.75, 3.05) is 0 Å². The molecule has 94 valence electrons. The van der Waals surface area contributed by atoms with Crippen LogP contribution >= 0.6 is 0 Å². The number of aliphatic carboxylic acids is 1. The lowest BCUT2D eigenvalue weighted by molar-refractivity contribution is -0.139. The van der Waals surface area contributed by atoms with E-state index in [0.717, 1.165) is 10.9 Å². The summed E-state index contributed by atoms with van der Waals surface area (Å²) in [7, 11) is 0. The predicted molar refractivity (Wildman–Crippen MR) is 67.5 cm³/mol. The molecule has 5 heteroatoms. The Labute approximate surface area is 104 Å². The summed E-state index contributed by atoms with van der Waals surface area (Å²) >= 11 is 0. The predicted octanol–water partition coefficient (Wildman–Crippen LogP) is 1.76. The quantitative estimate of drug-likeness (QED) is 0.768. The Bertz CT molecular complexity index is 556. The average Bonchev–Trinajstić information content (AvgIpc) is 2.79. The van der Waals surface area contributed by atoms with Crippen LogP contribution in [0.15, 0.2) is 30.3 Å². The van der Waals surface area contributed by atoms with Gasteiger partial charge < -0.3 is 15.4 Å². The highest BCUT2D eigenvalue weighted by Gasteiger charge is 2.19. The van der Waals surface area contributed by atoms with Crippen LogP contribution in [0.5, 0.6) is 0 Å². The molecule has 3 N–H and O–H groups in total. The maximum atomic E-state index is 11.9. The Balaban J connectivity index is 2.20. The number of amides is 1. The summed E-state index contributed by atoms with van der Waals surface area (Å²) in [4.78, 5) is 25.7. The van der Waals surface area contributed by atoms with E-state index in [0.29, 0.717) is 12.1 Å². The van der Waals surface area contributed by atoms with Crippen molar-refractivity contribution in [3.8, 4) is 0 Å². The second-order valence-corrected chi connectivity index (χ2v) is 4.04. The minimum absolute atomic E-state index is 0.349. The molecular weight excluding hydrogens is 232 g/mol. The van der Waals surface area contributed by atoms with Crippen LogP contribution in [-0.4, -0.2) is 28.0 Å². The zero-order valence-corrected chi connectivity index (χ0v) is 9.93. The van der Waals surface area contributed by atoms with Gasteiger partial charge in [-0.1, -0.05) is 25.1 Å². The second kappa shape index (κ2) is 4.91. The summed E-state index contributed by atoms with van der Waals surface area (Å²) in [5.41, 5.74) is 1.22. The fraction of sp³-hybridized carbons (Fsp3) is 0.231. The fourth-order valence-corrected chi connectivity index (χ4v) is 1.77. The van der Waals surface area contributed by atoms with Gasteiger partial charge in [-0.2, -0.15) is 0 Å². The molecule has 1 atom stereocenters. The maximum Gasteiger partial charge on any atom is 0.326 e. The maximum absolute atomic E-state index is 11.9. The number of carboxylic acid groups (broad SMARTS) is 1. The first kappa shape index (κ1) is 12.2. The fourth-order valence-electron chi connectivity index (χ4n) is 1.77. The molecule has 0 aliphatic heterocycles. The standard InChI is InChI=1S/C13H14N2O3/c1-2-9(13(17)18)15-12(16)11-7-8-5-3-4-6-10(8)14-11/h3-7,9,14H,2H2,1H3,(H,15,16)(H,17,18). The minimum atomic E-state index is -1.03. The van der Waals surface area contributed by atoms with E-state index >= 15 is 0 Å². The Morgan fingerprint density at radius 2 is 2.11 bits per heavy atom. The Kier molecular flexibility index (Phi) is 3.32. The third-order valence-electron chi connectivity index (χ3n) is 2.79. The molecule has 0 spiro atoms. The molecule has 1 unspecified atom stereocenters. The van der Waals surface area contributed by atoms with Gasteiger partial charge in [0, 0.05) is 10.9 Å². The van der Waals surface area contributed by atoms with Crippen LogP contribution in [0.25, 0.3) is 10.9 Å². The van der Waals surface area contributed by atoms with Crippen LogP contribution in [0.4, 0.5) is 0 Å². The summed E-state index contributed by atoms with van der Waals surface area (Å²) in [6.07, 6.45) is 0.349. The van der Waals surface area contributed by atoms with Crippen molar-refractivity contribution in [2.24, 2.45) is 0 Å². The summed E-state index contributed by atoms with van der Waals surface area (Å²) in [6, 6.07) is 8.34. The topological polar surface area (TPSA) is 82.2 Å². The van der Waals surface area contributed by atoms with E-state index in [1.165, 1.54) is 0 Å². The molecule has 2 rings (SSSR count). The average molecular weight is 246 g/mol. The van der Waals surface area contributed by atoms with Gasteiger partial charge in [0.1, 0.15) is 11.7 Å². The molecule has 0 fully saturated rings. The number of carboxylic acids is 1. The number of carbonyl (C=O) groups is 2. The van der Waals surface area contributed by atoms with Crippen LogP contribution in [0, 0.1) is 0 Å². The van der Waals surface area contributed by atoms with E-state index in [1.54, 1.807) is 13.0 Å². The molecule has 18 heavy (non-hydrogen) atoms. The number of fused-ring (bicyclic) bond motifs is 1. The van der Waals surface area contributed by atoms with E-state index in [-0.39, 0.29) is 0 Å². The number of para-hydroxylation sites is 1. The first-order chi connectivity index (χ1) is 8.61. The van der Waals surface area contributed by atoms with Gasteiger partial charge in [-0.25, -0.2) is 4.79 Å². The molecule has 0 saturated heterocycles. The van der Waals surface area contributed by atoms with Crippen LogP contribution in [0.2, 0.25) is 0 Å². The van der Waals surface area contributed by atoms with E-state index < -0.39 is 17.9 Å². The number of benzene rings is 1. The molecule has 1 heterocycles. The van der Waals surface area contributed by atoms with Gasteiger partial charge in [-0.15, -0.1) is 0 Å². The Hall–Kier alpha value is -2.30. The van der Waals surface area contributed by atoms with Gasteiger partial charge in [0.25, 0.3) is 5.91 Å². The summed E-state index contributed by atoms with van der Waals surface area (Å²) in [5, 5.41) is 12.3. The smallest absolute Gasteiger partial charge is 0.326 e. The van der Waals surface area contributed by atoms with Crippen LogP contribution in [0.3, 0.4) is 0 Å². The SMILES string of the molecule is CCC(NC(=O)c1cc2ccccc2[nH]1)C(=O)O. The molecule has 0 aliphatic carbocycles. The molecule has 5 nitrogen and oxygen atoms in total. The van der Waals surface area contributed by atoms with Crippen molar-refractivity contribution in [3.63, 3.8) is 0 Å². The molecule has 0 saturated carbocycles. The highest BCUT2D eigenvalue weighted by Crippen LogP contribution is 2.14. The summed E-state index contributed by atoms with van der Waals surface area (Å²) < 4.78 is 0. The van der Waals surface area contributed by atoms with Gasteiger partial charge in [0.15, 0.2) is 0 Å². The largest absolute Gasteiger partial charge is 0.480 e. The van der Waals surface area contributed by atoms with Gasteiger partial charge in [-0.3, -0.25) is 4.79 Å². The molecule has 0 aliphatic rings. The molecular formula is C13H14N2O3. The number of aromatic nitrogens is 1. The van der Waals surface area contributed by atoms with Crippen molar-refractivity contribution in [1.82, 2.24) is 10.3 Å². The minimum Gasteiger partial charge on any atom is -0.480 e. The van der Waals surface area contributed by atoms with E-state index in [9.17, 15) is 9.59 Å². The first-order valence-corrected chi connectivity index (χ1v) is 5.73. The number of rotatable bonds is 4. The highest BCUT2D eigenvalue weighted by molar-refractivity contribution is 5.99. The monoisotopic (exact) mass is 246 g/mol. The number of hydrogen-bond donors (Lipinski definition) is 3. The lowest BCUT2D eigenvalue weighted by Gasteiger charge is -2.10. The van der Waals surface area contributed by atoms with Crippen molar-refractivity contribution < 1.29 is 14.7 Å². The second-order valence-electron chi connectivity index (χ2n) is 4.04. The lowest BCUT2D eigenvalue weighted by atomic mass is 10.2. The van der Waals surface area contributed by atoms with Crippen molar-refractivity contribution in [2.45, 2.75) is 19.4 Å². The Morgan fingerprint density at radius 1 is 1.39 bits per heavy atom. The molecule has 1 aromatic heterocycles. The van der Waals surface area contributed by atoms with Crippen molar-refractivity contribution in [1.29, 1.82) is 0 Å². The van der Waals surface area contributed by atoms with E-state index in [4.69, 9.17) is 5.11 Å². The number of nitrogens with one attached hydrogen (secondary N) is 2. The molecule has 0 radical (unpaired) electrons. The highest BCUT2D eigenvalue weighted by atomic mass is 16.4. The lowest BCUT2D eigenvalue weighted by Crippen LogP contribution is -2.40. The van der Waals surface area contributed by atoms with E-state index in [2.05, 4.69) is 10.3 Å². The van der Waals surface area contributed by atoms with Gasteiger partial charge in [-0.05, 0) is 18.6 Å². The molecule has 1 amide bonds. The van der Waals surface area contributed by atoms with Gasteiger partial charge >= 0.3 is 5.97 Å². The van der Waals surface area contributed by atoms with Crippen molar-refractivity contribution in [3.05, 3.63) is 36.0 Å². The van der Waals surface area contributed by atoms with E-state index in [1.807, 2.05) is 24.3 Å². The van der Waals surface area contributed by atoms with Crippen LogP contribution in [0.1, 0.15) is 23.8 Å². The van der Waals surface area contributed by atoms with Crippen LogP contribution in [-0.2, 0) is 4.79 Å². The Morgan fingerprint density at radius 3 is 2.72 bits per heavy atom. The number of H-pyrrole nitrogens is 1. The third-order valence-corrected chi connectivity index (χ3v) is 2.79. The summed E-state index contributed by atoms with van der Waals surface area (Å²) in [6.45, 7) is 1.71. The zero-order chi connectivity index (χ0) is 13.1. The molecule has 2 aromatic rings. The molecule has 0 bridgehead atoms. The van der Waals surface area contributed by atoms with Crippen LogP contribution < -0.4 is 5.32 Å². The van der Waals surface area contributed by atoms with Gasteiger partial charge in [0.2, 0.25) is 0 Å². The number of carbonyl (C=O) groups excluding carboxylic acids is 1. The zero-order valence-electron chi connectivity index (χ0n) is 9.93. The van der Waals surface area contributed by atoms with Crippen molar-refractivity contribution >= 4 is 22.8 Å². The normalized spacial score (nSPS) is 12.3. The third kappa shape index (κ3) is 2.34. The van der Waals surface area contributed by atoms with Gasteiger partial charge in [0.05, 0.1) is 0 Å².